The second kappa shape index (κ2) is 4.67. The molecular formula is C15H20N2O2. The van der Waals surface area contributed by atoms with E-state index in [2.05, 4.69) is 18.8 Å². The molecule has 102 valence electrons. The number of nitrogens with zero attached hydrogens (tertiary/aromatic N) is 2. The Morgan fingerprint density at radius 3 is 2.74 bits per heavy atom. The first-order chi connectivity index (χ1) is 9.05. The van der Waals surface area contributed by atoms with Gasteiger partial charge in [0.15, 0.2) is 5.78 Å². The Morgan fingerprint density at radius 2 is 2.00 bits per heavy atom. The van der Waals surface area contributed by atoms with E-state index in [0.717, 1.165) is 49.6 Å². The molecule has 2 heterocycles. The Hall–Kier alpha value is -1.29. The van der Waals surface area contributed by atoms with Gasteiger partial charge in [0, 0.05) is 31.7 Å². The highest BCUT2D eigenvalue weighted by molar-refractivity contribution is 5.98. The number of ether oxygens (including phenoxy) is 1. The molecule has 1 aromatic rings. The van der Waals surface area contributed by atoms with Crippen molar-refractivity contribution >= 4 is 5.78 Å². The molecule has 0 spiro atoms. The van der Waals surface area contributed by atoms with E-state index < -0.39 is 0 Å². The maximum absolute atomic E-state index is 12.1. The lowest BCUT2D eigenvalue weighted by Gasteiger charge is -2.30. The van der Waals surface area contributed by atoms with Crippen molar-refractivity contribution in [2.45, 2.75) is 45.4 Å². The van der Waals surface area contributed by atoms with Crippen molar-refractivity contribution in [3.63, 3.8) is 0 Å². The molecule has 0 aromatic carbocycles. The van der Waals surface area contributed by atoms with Gasteiger partial charge < -0.3 is 4.74 Å². The Bertz CT molecular complexity index is 505. The third-order valence-corrected chi connectivity index (χ3v) is 4.06. The molecule has 1 fully saturated rings. The fourth-order valence-corrected chi connectivity index (χ4v) is 3.00. The van der Waals surface area contributed by atoms with Crippen LogP contribution in [0.3, 0.4) is 0 Å². The molecule has 0 saturated carbocycles. The van der Waals surface area contributed by atoms with E-state index in [9.17, 15) is 4.79 Å². The molecule has 0 atom stereocenters. The van der Waals surface area contributed by atoms with Gasteiger partial charge in [-0.25, -0.2) is 9.97 Å². The van der Waals surface area contributed by atoms with Crippen LogP contribution >= 0.6 is 0 Å². The summed E-state index contributed by atoms with van der Waals surface area (Å²) in [6.07, 6.45) is 5.17. The lowest BCUT2D eigenvalue weighted by atomic mass is 9.76. The molecule has 19 heavy (non-hydrogen) atoms. The molecule has 1 aromatic heterocycles. The molecule has 1 aliphatic heterocycles. The van der Waals surface area contributed by atoms with E-state index in [1.807, 2.05) is 0 Å². The maximum atomic E-state index is 12.1. The lowest BCUT2D eigenvalue weighted by molar-refractivity contribution is 0.0830. The molecule has 0 bridgehead atoms. The fraction of sp³-hybridized carbons (Fsp3) is 0.667. The van der Waals surface area contributed by atoms with Crippen LogP contribution in [0.2, 0.25) is 0 Å². The van der Waals surface area contributed by atoms with Crippen molar-refractivity contribution < 1.29 is 9.53 Å². The molecule has 1 saturated heterocycles. The highest BCUT2D eigenvalue weighted by Gasteiger charge is 2.33. The SMILES string of the molecule is CC1(C)CC(=O)c2cnc(C3CCOCC3)nc2C1. The van der Waals surface area contributed by atoms with Gasteiger partial charge in [0.05, 0.1) is 11.3 Å². The summed E-state index contributed by atoms with van der Waals surface area (Å²) in [5, 5.41) is 0. The van der Waals surface area contributed by atoms with E-state index in [1.165, 1.54) is 0 Å². The smallest absolute Gasteiger partial charge is 0.166 e. The van der Waals surface area contributed by atoms with Gasteiger partial charge in [-0.2, -0.15) is 0 Å². The molecule has 2 aliphatic rings. The van der Waals surface area contributed by atoms with Crippen molar-refractivity contribution in [1.29, 1.82) is 0 Å². The summed E-state index contributed by atoms with van der Waals surface area (Å²) in [6, 6.07) is 0. The molecule has 4 heteroatoms. The van der Waals surface area contributed by atoms with E-state index >= 15 is 0 Å². The third-order valence-electron chi connectivity index (χ3n) is 4.06. The second-order valence-electron chi connectivity index (χ2n) is 6.42. The number of carbonyl (C=O) groups is 1. The number of ketones is 1. The molecule has 0 radical (unpaired) electrons. The van der Waals surface area contributed by atoms with Gasteiger partial charge >= 0.3 is 0 Å². The average Bonchev–Trinajstić information content (AvgIpc) is 2.37. The van der Waals surface area contributed by atoms with Gasteiger partial charge in [-0.15, -0.1) is 0 Å². The predicted octanol–water partition coefficient (Wildman–Crippen LogP) is 2.53. The van der Waals surface area contributed by atoms with Crippen molar-refractivity contribution in [3.05, 3.63) is 23.3 Å². The third kappa shape index (κ3) is 2.54. The molecule has 0 unspecified atom stereocenters. The molecule has 0 amide bonds. The van der Waals surface area contributed by atoms with E-state index in [-0.39, 0.29) is 11.2 Å². The zero-order valence-electron chi connectivity index (χ0n) is 11.6. The topological polar surface area (TPSA) is 52.1 Å². The zero-order chi connectivity index (χ0) is 13.5. The van der Waals surface area contributed by atoms with E-state index in [1.54, 1.807) is 6.20 Å². The van der Waals surface area contributed by atoms with Gasteiger partial charge in [0.25, 0.3) is 0 Å². The first-order valence-electron chi connectivity index (χ1n) is 7.02. The van der Waals surface area contributed by atoms with Crippen molar-refractivity contribution in [2.24, 2.45) is 5.41 Å². The average molecular weight is 260 g/mol. The summed E-state index contributed by atoms with van der Waals surface area (Å²) in [5.41, 5.74) is 1.69. The number of Topliss-reactive ketones (excluding diaryl/α,β-unsaturated/α-hetero) is 1. The number of carbonyl (C=O) groups excluding carboxylic acids is 1. The minimum atomic E-state index is 0.0192. The van der Waals surface area contributed by atoms with E-state index in [0.29, 0.717) is 12.3 Å². The first kappa shape index (κ1) is 12.7. The van der Waals surface area contributed by atoms with Gasteiger partial charge in [0.2, 0.25) is 0 Å². The second-order valence-corrected chi connectivity index (χ2v) is 6.42. The van der Waals surface area contributed by atoms with Crippen molar-refractivity contribution in [1.82, 2.24) is 9.97 Å². The van der Waals surface area contributed by atoms with Crippen LogP contribution in [-0.2, 0) is 11.2 Å². The summed E-state index contributed by atoms with van der Waals surface area (Å²) in [7, 11) is 0. The number of aromatic nitrogens is 2. The Kier molecular flexibility index (Phi) is 3.13. The Labute approximate surface area is 113 Å². The standard InChI is InChI=1S/C15H20N2O2/c1-15(2)7-12-11(13(18)8-15)9-16-14(17-12)10-3-5-19-6-4-10/h9-10H,3-8H2,1-2H3. The minimum absolute atomic E-state index is 0.0192. The van der Waals surface area contributed by atoms with Gasteiger partial charge in [-0.05, 0) is 24.7 Å². The number of hydrogen-bond donors (Lipinski definition) is 0. The fourth-order valence-electron chi connectivity index (χ4n) is 3.00. The quantitative estimate of drug-likeness (QED) is 0.778. The first-order valence-corrected chi connectivity index (χ1v) is 7.02. The Balaban J connectivity index is 1.92. The molecule has 1 aliphatic carbocycles. The summed E-state index contributed by atoms with van der Waals surface area (Å²) >= 11 is 0. The summed E-state index contributed by atoms with van der Waals surface area (Å²) in [5.74, 6) is 1.47. The predicted molar refractivity (Wildman–Crippen MR) is 71.3 cm³/mol. The van der Waals surface area contributed by atoms with Crippen molar-refractivity contribution in [3.8, 4) is 0 Å². The highest BCUT2D eigenvalue weighted by atomic mass is 16.5. The summed E-state index contributed by atoms with van der Waals surface area (Å²) < 4.78 is 5.37. The highest BCUT2D eigenvalue weighted by Crippen LogP contribution is 2.34. The van der Waals surface area contributed by atoms with Crippen LogP contribution in [0.15, 0.2) is 6.20 Å². The van der Waals surface area contributed by atoms with Crippen LogP contribution in [0, 0.1) is 5.41 Å². The monoisotopic (exact) mass is 260 g/mol. The zero-order valence-corrected chi connectivity index (χ0v) is 11.6. The molecular weight excluding hydrogens is 240 g/mol. The van der Waals surface area contributed by atoms with Crippen LogP contribution < -0.4 is 0 Å². The van der Waals surface area contributed by atoms with E-state index in [4.69, 9.17) is 9.72 Å². The number of rotatable bonds is 1. The number of fused-ring (bicyclic) bond motifs is 1. The van der Waals surface area contributed by atoms with Crippen LogP contribution in [-0.4, -0.2) is 29.0 Å². The molecule has 0 N–H and O–H groups in total. The minimum Gasteiger partial charge on any atom is -0.381 e. The maximum Gasteiger partial charge on any atom is 0.166 e. The van der Waals surface area contributed by atoms with Crippen LogP contribution in [0.1, 0.15) is 60.9 Å². The van der Waals surface area contributed by atoms with Crippen LogP contribution in [0.5, 0.6) is 0 Å². The van der Waals surface area contributed by atoms with Gasteiger partial charge in [-0.3, -0.25) is 4.79 Å². The number of hydrogen-bond acceptors (Lipinski definition) is 4. The lowest BCUT2D eigenvalue weighted by Crippen LogP contribution is -2.29. The van der Waals surface area contributed by atoms with Crippen LogP contribution in [0.25, 0.3) is 0 Å². The Morgan fingerprint density at radius 1 is 1.26 bits per heavy atom. The molecule has 4 nitrogen and oxygen atoms in total. The summed E-state index contributed by atoms with van der Waals surface area (Å²) in [4.78, 5) is 21.2. The molecule has 3 rings (SSSR count). The van der Waals surface area contributed by atoms with Gasteiger partial charge in [0.1, 0.15) is 5.82 Å². The van der Waals surface area contributed by atoms with Crippen LogP contribution in [0.4, 0.5) is 0 Å². The largest absolute Gasteiger partial charge is 0.381 e. The van der Waals surface area contributed by atoms with Gasteiger partial charge in [-0.1, -0.05) is 13.8 Å². The van der Waals surface area contributed by atoms with Crippen molar-refractivity contribution in [2.75, 3.05) is 13.2 Å². The summed E-state index contributed by atoms with van der Waals surface area (Å²) in [6.45, 7) is 5.83. The normalized spacial score (nSPS) is 23.2.